The van der Waals surface area contributed by atoms with Crippen molar-refractivity contribution in [3.63, 3.8) is 0 Å². The number of rotatable bonds is 4. The highest BCUT2D eigenvalue weighted by atomic mass is 16.2. The maximum absolute atomic E-state index is 12.5. The van der Waals surface area contributed by atoms with Gasteiger partial charge in [0.05, 0.1) is 5.69 Å². The SMILES string of the molecule is O=C(Nc1ccc(-n2cnnn2)cc1)C1CCN(C(=O)NC2CC2)CC1. The first-order valence-corrected chi connectivity index (χ1v) is 8.89. The molecule has 2 aliphatic rings. The minimum atomic E-state index is -0.0702. The van der Waals surface area contributed by atoms with Crippen LogP contribution in [0.4, 0.5) is 10.5 Å². The molecule has 2 N–H and O–H groups in total. The van der Waals surface area contributed by atoms with E-state index in [4.69, 9.17) is 0 Å². The van der Waals surface area contributed by atoms with Crippen molar-refractivity contribution in [2.75, 3.05) is 18.4 Å². The van der Waals surface area contributed by atoms with Crippen LogP contribution in [0, 0.1) is 5.92 Å². The van der Waals surface area contributed by atoms with Crippen LogP contribution in [0.2, 0.25) is 0 Å². The van der Waals surface area contributed by atoms with Crippen molar-refractivity contribution in [2.45, 2.75) is 31.7 Å². The molecular weight excluding hydrogens is 334 g/mol. The summed E-state index contributed by atoms with van der Waals surface area (Å²) < 4.78 is 1.55. The van der Waals surface area contributed by atoms with Gasteiger partial charge in [0.2, 0.25) is 5.91 Å². The van der Waals surface area contributed by atoms with Gasteiger partial charge in [-0.25, -0.2) is 9.48 Å². The third-order valence-electron chi connectivity index (χ3n) is 4.81. The van der Waals surface area contributed by atoms with E-state index >= 15 is 0 Å². The average molecular weight is 355 g/mol. The minimum Gasteiger partial charge on any atom is -0.335 e. The van der Waals surface area contributed by atoms with Gasteiger partial charge in [-0.05, 0) is 60.4 Å². The molecule has 136 valence electrons. The fraction of sp³-hybridized carbons (Fsp3) is 0.471. The van der Waals surface area contributed by atoms with Crippen molar-refractivity contribution < 1.29 is 9.59 Å². The van der Waals surface area contributed by atoms with Crippen molar-refractivity contribution >= 4 is 17.6 Å². The van der Waals surface area contributed by atoms with Gasteiger partial charge in [0.25, 0.3) is 0 Å². The lowest BCUT2D eigenvalue weighted by Crippen LogP contribution is -2.46. The summed E-state index contributed by atoms with van der Waals surface area (Å²) >= 11 is 0. The summed E-state index contributed by atoms with van der Waals surface area (Å²) in [5, 5.41) is 17.0. The van der Waals surface area contributed by atoms with Crippen molar-refractivity contribution in [2.24, 2.45) is 5.92 Å². The Morgan fingerprint density at radius 3 is 2.38 bits per heavy atom. The van der Waals surface area contributed by atoms with Crippen LogP contribution in [0.25, 0.3) is 5.69 Å². The number of piperidine rings is 1. The van der Waals surface area contributed by atoms with Gasteiger partial charge in [0, 0.05) is 30.7 Å². The number of nitrogens with zero attached hydrogens (tertiary/aromatic N) is 5. The summed E-state index contributed by atoms with van der Waals surface area (Å²) in [6.07, 6.45) is 5.05. The van der Waals surface area contributed by atoms with Crippen molar-refractivity contribution in [1.82, 2.24) is 30.4 Å². The fourth-order valence-electron chi connectivity index (χ4n) is 3.06. The highest BCUT2D eigenvalue weighted by Gasteiger charge is 2.30. The largest absolute Gasteiger partial charge is 0.335 e. The molecule has 0 spiro atoms. The molecule has 2 heterocycles. The predicted octanol–water partition coefficient (Wildman–Crippen LogP) is 1.18. The molecule has 2 aromatic rings. The first kappa shape index (κ1) is 16.5. The Kier molecular flexibility index (Phi) is 4.51. The smallest absolute Gasteiger partial charge is 0.317 e. The van der Waals surface area contributed by atoms with Gasteiger partial charge in [-0.3, -0.25) is 4.79 Å². The molecule has 9 heteroatoms. The third kappa shape index (κ3) is 3.81. The van der Waals surface area contributed by atoms with Gasteiger partial charge >= 0.3 is 6.03 Å². The summed E-state index contributed by atoms with van der Waals surface area (Å²) in [6.45, 7) is 1.24. The normalized spacial score (nSPS) is 17.8. The molecule has 0 unspecified atom stereocenters. The average Bonchev–Trinajstić information content (AvgIpc) is 3.31. The molecule has 1 saturated carbocycles. The van der Waals surface area contributed by atoms with Gasteiger partial charge in [-0.1, -0.05) is 0 Å². The van der Waals surface area contributed by atoms with Crippen LogP contribution in [0.5, 0.6) is 0 Å². The van der Waals surface area contributed by atoms with E-state index in [0.29, 0.717) is 32.0 Å². The first-order valence-electron chi connectivity index (χ1n) is 8.89. The van der Waals surface area contributed by atoms with Crippen molar-refractivity contribution in [3.8, 4) is 5.69 Å². The van der Waals surface area contributed by atoms with Crippen LogP contribution in [-0.4, -0.2) is 56.2 Å². The summed E-state index contributed by atoms with van der Waals surface area (Å²) in [7, 11) is 0. The number of likely N-dealkylation sites (tertiary alicyclic amines) is 1. The number of benzene rings is 1. The molecular formula is C17H21N7O2. The van der Waals surface area contributed by atoms with E-state index in [9.17, 15) is 9.59 Å². The molecule has 9 nitrogen and oxygen atoms in total. The van der Waals surface area contributed by atoms with Crippen LogP contribution < -0.4 is 10.6 Å². The number of anilines is 1. The fourth-order valence-corrected chi connectivity index (χ4v) is 3.06. The zero-order valence-electron chi connectivity index (χ0n) is 14.3. The van der Waals surface area contributed by atoms with Crippen molar-refractivity contribution in [3.05, 3.63) is 30.6 Å². The van der Waals surface area contributed by atoms with Crippen molar-refractivity contribution in [1.29, 1.82) is 0 Å². The van der Waals surface area contributed by atoms with Crippen LogP contribution in [0.15, 0.2) is 30.6 Å². The number of urea groups is 1. The minimum absolute atomic E-state index is 0.00224. The number of carbonyl (C=O) groups excluding carboxylic acids is 2. The number of hydrogen-bond donors (Lipinski definition) is 2. The number of amides is 3. The molecule has 1 aromatic carbocycles. The molecule has 1 aromatic heterocycles. The third-order valence-corrected chi connectivity index (χ3v) is 4.81. The molecule has 1 aliphatic carbocycles. The van der Waals surface area contributed by atoms with Gasteiger partial charge in [0.15, 0.2) is 0 Å². The highest BCUT2D eigenvalue weighted by molar-refractivity contribution is 5.92. The zero-order valence-corrected chi connectivity index (χ0v) is 14.3. The van der Waals surface area contributed by atoms with Gasteiger partial charge < -0.3 is 15.5 Å². The second kappa shape index (κ2) is 7.11. The van der Waals surface area contributed by atoms with E-state index in [1.54, 1.807) is 4.68 Å². The molecule has 3 amide bonds. The molecule has 0 bridgehead atoms. The summed E-state index contributed by atoms with van der Waals surface area (Å²) in [5.41, 5.74) is 1.56. The molecule has 1 saturated heterocycles. The number of aromatic nitrogens is 4. The maximum Gasteiger partial charge on any atom is 0.317 e. The monoisotopic (exact) mass is 355 g/mol. The maximum atomic E-state index is 12.5. The molecule has 26 heavy (non-hydrogen) atoms. The Balaban J connectivity index is 1.28. The van der Waals surface area contributed by atoms with Crippen LogP contribution in [0.3, 0.4) is 0 Å². The van der Waals surface area contributed by atoms with Gasteiger partial charge in [-0.2, -0.15) is 0 Å². The predicted molar refractivity (Wildman–Crippen MR) is 93.6 cm³/mol. The number of hydrogen-bond acceptors (Lipinski definition) is 5. The lowest BCUT2D eigenvalue weighted by Gasteiger charge is -2.31. The molecule has 2 fully saturated rings. The van der Waals surface area contributed by atoms with Crippen LogP contribution in [-0.2, 0) is 4.79 Å². The molecule has 0 radical (unpaired) electrons. The summed E-state index contributed by atoms with van der Waals surface area (Å²) in [6, 6.07) is 7.71. The first-order chi connectivity index (χ1) is 12.7. The number of tetrazole rings is 1. The molecule has 0 atom stereocenters. The zero-order chi connectivity index (χ0) is 17.9. The highest BCUT2D eigenvalue weighted by Crippen LogP contribution is 2.22. The Morgan fingerprint density at radius 1 is 1.04 bits per heavy atom. The summed E-state index contributed by atoms with van der Waals surface area (Å²) in [4.78, 5) is 26.3. The van der Waals surface area contributed by atoms with E-state index < -0.39 is 0 Å². The quantitative estimate of drug-likeness (QED) is 0.857. The van der Waals surface area contributed by atoms with Crippen LogP contribution in [0.1, 0.15) is 25.7 Å². The van der Waals surface area contributed by atoms with E-state index in [1.807, 2.05) is 29.2 Å². The molecule has 1 aliphatic heterocycles. The topological polar surface area (TPSA) is 105 Å². The lowest BCUT2D eigenvalue weighted by molar-refractivity contribution is -0.121. The van der Waals surface area contributed by atoms with E-state index in [1.165, 1.54) is 6.33 Å². The Bertz CT molecular complexity index is 763. The number of carbonyl (C=O) groups is 2. The lowest BCUT2D eigenvalue weighted by atomic mass is 9.96. The van der Waals surface area contributed by atoms with E-state index in [-0.39, 0.29) is 17.9 Å². The van der Waals surface area contributed by atoms with Crippen LogP contribution >= 0.6 is 0 Å². The van der Waals surface area contributed by atoms with E-state index in [0.717, 1.165) is 24.2 Å². The second-order valence-corrected chi connectivity index (χ2v) is 6.78. The number of nitrogens with one attached hydrogen (secondary N) is 2. The Morgan fingerprint density at radius 2 is 1.77 bits per heavy atom. The van der Waals surface area contributed by atoms with Gasteiger partial charge in [0.1, 0.15) is 6.33 Å². The standard InChI is InChI=1S/C17H21N7O2/c25-16(12-7-9-23(10-8-12)17(26)20-14-1-2-14)19-13-3-5-15(6-4-13)24-11-18-21-22-24/h3-6,11-12,14H,1-2,7-10H2,(H,19,25)(H,20,26). The Hall–Kier alpha value is -2.97. The second-order valence-electron chi connectivity index (χ2n) is 6.78. The van der Waals surface area contributed by atoms with Gasteiger partial charge in [-0.15, -0.1) is 5.10 Å². The molecule has 4 rings (SSSR count). The summed E-state index contributed by atoms with van der Waals surface area (Å²) in [5.74, 6) is -0.0680. The Labute approximate surface area is 150 Å². The van der Waals surface area contributed by atoms with E-state index in [2.05, 4.69) is 26.2 Å².